The lowest BCUT2D eigenvalue weighted by molar-refractivity contribution is 0.104. The Balaban J connectivity index is 1.81. The van der Waals surface area contributed by atoms with Crippen LogP contribution in [0.3, 0.4) is 0 Å². The molecule has 6 heteroatoms. The molecule has 198 valence electrons. The lowest BCUT2D eigenvalue weighted by Gasteiger charge is -2.19. The first kappa shape index (κ1) is 28.0. The Labute approximate surface area is 217 Å². The van der Waals surface area contributed by atoms with Crippen LogP contribution in [0.25, 0.3) is 11.1 Å². The number of carbonyl (C=O) groups is 1. The number of fused-ring (bicyclic) bond motifs is 3. The number of hydrogen-bond acceptors (Lipinski definition) is 6. The third-order valence-corrected chi connectivity index (χ3v) is 6.86. The number of ether oxygens (including phenoxy) is 3. The van der Waals surface area contributed by atoms with E-state index in [1.807, 2.05) is 30.3 Å². The van der Waals surface area contributed by atoms with Crippen molar-refractivity contribution < 1.29 is 19.0 Å². The Morgan fingerprint density at radius 1 is 0.667 bits per heavy atom. The van der Waals surface area contributed by atoms with Crippen LogP contribution in [0.15, 0.2) is 30.3 Å². The molecule has 6 nitrogen and oxygen atoms in total. The smallest absolute Gasteiger partial charge is 0.194 e. The van der Waals surface area contributed by atoms with E-state index in [0.29, 0.717) is 42.4 Å². The van der Waals surface area contributed by atoms with Crippen molar-refractivity contribution in [3.63, 3.8) is 0 Å². The van der Waals surface area contributed by atoms with Gasteiger partial charge in [-0.2, -0.15) is 0 Å². The molecule has 0 amide bonds. The van der Waals surface area contributed by atoms with Gasteiger partial charge in [0, 0.05) is 41.4 Å². The molecule has 1 aliphatic carbocycles. The van der Waals surface area contributed by atoms with Gasteiger partial charge < -0.3 is 24.0 Å². The Hall–Kier alpha value is -2.57. The van der Waals surface area contributed by atoms with Gasteiger partial charge in [0.1, 0.15) is 17.2 Å². The first-order valence-electron chi connectivity index (χ1n) is 13.8. The molecule has 0 fully saturated rings. The van der Waals surface area contributed by atoms with Gasteiger partial charge in [-0.05, 0) is 57.6 Å². The molecule has 0 saturated carbocycles. The number of nitrogens with zero attached hydrogens (tertiary/aromatic N) is 2. The zero-order valence-corrected chi connectivity index (χ0v) is 22.9. The molecule has 0 aliphatic heterocycles. The van der Waals surface area contributed by atoms with Crippen molar-refractivity contribution in [1.29, 1.82) is 0 Å². The predicted octanol–water partition coefficient (Wildman–Crippen LogP) is 5.91. The van der Waals surface area contributed by atoms with E-state index in [1.54, 1.807) is 0 Å². The third kappa shape index (κ3) is 6.80. The molecule has 0 atom stereocenters. The Kier molecular flexibility index (Phi) is 11.1. The molecule has 0 heterocycles. The van der Waals surface area contributed by atoms with Gasteiger partial charge in [-0.25, -0.2) is 0 Å². The van der Waals surface area contributed by atoms with Crippen molar-refractivity contribution in [2.75, 3.05) is 59.1 Å². The second kappa shape index (κ2) is 14.2. The normalized spacial score (nSPS) is 12.2. The van der Waals surface area contributed by atoms with E-state index in [9.17, 15) is 4.79 Å². The number of carbonyl (C=O) groups excluding carboxylic acids is 1. The van der Waals surface area contributed by atoms with Crippen LogP contribution >= 0.6 is 0 Å². The monoisotopic (exact) mass is 496 g/mol. The summed E-state index contributed by atoms with van der Waals surface area (Å²) in [4.78, 5) is 18.2. The number of hydrogen-bond donors (Lipinski definition) is 0. The fourth-order valence-electron chi connectivity index (χ4n) is 4.71. The van der Waals surface area contributed by atoms with Gasteiger partial charge in [-0.1, -0.05) is 46.8 Å². The molecule has 0 bridgehead atoms. The summed E-state index contributed by atoms with van der Waals surface area (Å²) in [5, 5.41) is 0. The zero-order valence-electron chi connectivity index (χ0n) is 22.9. The molecule has 0 unspecified atom stereocenters. The van der Waals surface area contributed by atoms with Crippen LogP contribution in [-0.2, 0) is 0 Å². The van der Waals surface area contributed by atoms with Crippen molar-refractivity contribution in [3.05, 3.63) is 41.5 Å². The minimum atomic E-state index is 0.00327. The predicted molar refractivity (Wildman–Crippen MR) is 147 cm³/mol. The highest BCUT2D eigenvalue weighted by molar-refractivity contribution is 6.23. The third-order valence-electron chi connectivity index (χ3n) is 6.86. The Bertz CT molecular complexity index is 983. The van der Waals surface area contributed by atoms with Gasteiger partial charge in [0.05, 0.1) is 19.8 Å². The van der Waals surface area contributed by atoms with Crippen LogP contribution in [0.5, 0.6) is 17.2 Å². The molecular formula is C30H44N2O4. The van der Waals surface area contributed by atoms with E-state index in [2.05, 4.69) is 44.4 Å². The summed E-state index contributed by atoms with van der Waals surface area (Å²) in [6.45, 7) is 18.7. The zero-order chi connectivity index (χ0) is 25.9. The van der Waals surface area contributed by atoms with Gasteiger partial charge in [-0.15, -0.1) is 0 Å². The van der Waals surface area contributed by atoms with Crippen molar-refractivity contribution in [1.82, 2.24) is 9.80 Å². The number of benzene rings is 2. The lowest BCUT2D eigenvalue weighted by atomic mass is 10.0. The Morgan fingerprint density at radius 2 is 1.25 bits per heavy atom. The van der Waals surface area contributed by atoms with Gasteiger partial charge in [-0.3, -0.25) is 4.79 Å². The Morgan fingerprint density at radius 3 is 1.86 bits per heavy atom. The average Bonchev–Trinajstić information content (AvgIpc) is 3.20. The van der Waals surface area contributed by atoms with E-state index in [4.69, 9.17) is 14.2 Å². The summed E-state index contributed by atoms with van der Waals surface area (Å²) in [7, 11) is 0. The van der Waals surface area contributed by atoms with Gasteiger partial charge >= 0.3 is 0 Å². The summed E-state index contributed by atoms with van der Waals surface area (Å²) in [6.07, 6.45) is 2.75. The highest BCUT2D eigenvalue weighted by atomic mass is 16.5. The van der Waals surface area contributed by atoms with Crippen LogP contribution in [0.2, 0.25) is 0 Å². The summed E-state index contributed by atoms with van der Waals surface area (Å²) in [6, 6.07) is 9.55. The summed E-state index contributed by atoms with van der Waals surface area (Å²) in [5.41, 5.74) is 2.99. The summed E-state index contributed by atoms with van der Waals surface area (Å²) < 4.78 is 18.5. The molecule has 2 aromatic rings. The highest BCUT2D eigenvalue weighted by Gasteiger charge is 2.33. The van der Waals surface area contributed by atoms with Crippen molar-refractivity contribution in [3.8, 4) is 28.4 Å². The quantitative estimate of drug-likeness (QED) is 0.217. The summed E-state index contributed by atoms with van der Waals surface area (Å²) in [5.74, 6) is 2.12. The molecule has 1 aliphatic rings. The van der Waals surface area contributed by atoms with Crippen molar-refractivity contribution in [2.45, 2.75) is 53.9 Å². The van der Waals surface area contributed by atoms with E-state index < -0.39 is 0 Å². The van der Waals surface area contributed by atoms with E-state index in [0.717, 1.165) is 75.4 Å². The fourth-order valence-corrected chi connectivity index (χ4v) is 4.71. The minimum absolute atomic E-state index is 0.00327. The molecule has 2 aromatic carbocycles. The maximum Gasteiger partial charge on any atom is 0.194 e. The van der Waals surface area contributed by atoms with Gasteiger partial charge in [0.25, 0.3) is 0 Å². The molecule has 0 N–H and O–H groups in total. The van der Waals surface area contributed by atoms with Gasteiger partial charge in [0.2, 0.25) is 0 Å². The molecule has 0 saturated heterocycles. The van der Waals surface area contributed by atoms with Crippen LogP contribution in [0.1, 0.15) is 69.8 Å². The largest absolute Gasteiger partial charge is 0.493 e. The second-order valence-corrected chi connectivity index (χ2v) is 9.16. The summed E-state index contributed by atoms with van der Waals surface area (Å²) >= 11 is 0. The molecule has 3 rings (SSSR count). The first-order valence-corrected chi connectivity index (χ1v) is 13.8. The fraction of sp³-hybridized carbons (Fsp3) is 0.567. The number of rotatable bonds is 17. The van der Waals surface area contributed by atoms with Crippen LogP contribution in [0.4, 0.5) is 0 Å². The van der Waals surface area contributed by atoms with Crippen molar-refractivity contribution in [2.24, 2.45) is 0 Å². The van der Waals surface area contributed by atoms with E-state index in [-0.39, 0.29) is 5.78 Å². The minimum Gasteiger partial charge on any atom is -0.493 e. The number of ketones is 1. The van der Waals surface area contributed by atoms with Crippen molar-refractivity contribution >= 4 is 5.78 Å². The molecule has 0 radical (unpaired) electrons. The topological polar surface area (TPSA) is 51.2 Å². The maximum absolute atomic E-state index is 13.4. The maximum atomic E-state index is 13.4. The van der Waals surface area contributed by atoms with E-state index in [1.165, 1.54) is 0 Å². The van der Waals surface area contributed by atoms with E-state index >= 15 is 0 Å². The standard InChI is InChI=1S/C30H44N2O4/c1-6-18-35-27-22-23(34-19-12-16-31(7-2)8-3)21-25-29(27)28-24(30(25)33)14-11-15-26(28)36-20-13-17-32(9-4)10-5/h11,14-15,21-22H,6-10,12-13,16-20H2,1-5H3. The molecule has 0 spiro atoms. The average molecular weight is 497 g/mol. The van der Waals surface area contributed by atoms with Crippen LogP contribution < -0.4 is 14.2 Å². The molecule has 36 heavy (non-hydrogen) atoms. The highest BCUT2D eigenvalue weighted by Crippen LogP contribution is 2.49. The van der Waals surface area contributed by atoms with Crippen LogP contribution in [-0.4, -0.2) is 74.7 Å². The molecule has 0 aromatic heterocycles. The lowest BCUT2D eigenvalue weighted by Crippen LogP contribution is -2.25. The molecular weight excluding hydrogens is 452 g/mol. The SMILES string of the molecule is CCCOc1cc(OCCCN(CC)CC)cc2c1-c1c(OCCCN(CC)CC)cccc1C2=O. The first-order chi connectivity index (χ1) is 17.6. The van der Waals surface area contributed by atoms with Gasteiger partial charge in [0.15, 0.2) is 5.78 Å². The van der Waals surface area contributed by atoms with Crippen LogP contribution in [0, 0.1) is 0 Å². The second-order valence-electron chi connectivity index (χ2n) is 9.16.